The van der Waals surface area contributed by atoms with Crippen LogP contribution in [-0.2, 0) is 6.42 Å². The molecule has 0 aliphatic carbocycles. The van der Waals surface area contributed by atoms with Crippen molar-refractivity contribution in [2.24, 2.45) is 0 Å². The molecule has 0 saturated carbocycles. The molecule has 0 radical (unpaired) electrons. The molecule has 0 bridgehead atoms. The van der Waals surface area contributed by atoms with E-state index in [2.05, 4.69) is 18.7 Å². The summed E-state index contributed by atoms with van der Waals surface area (Å²) in [5, 5.41) is 0. The smallest absolute Gasteiger partial charge is 0.105 e. The third-order valence-electron chi connectivity index (χ3n) is 1.22. The van der Waals surface area contributed by atoms with Crippen LogP contribution in [0.25, 0.3) is 0 Å². The Bertz CT molecular complexity index is 214. The predicted molar refractivity (Wildman–Crippen MR) is 61.5 cm³/mol. The highest BCUT2D eigenvalue weighted by molar-refractivity contribution is 6.43. The zero-order chi connectivity index (χ0) is 10.1. The van der Waals surface area contributed by atoms with Gasteiger partial charge >= 0.3 is 0 Å². The van der Waals surface area contributed by atoms with Crippen LogP contribution in [0.1, 0.15) is 12.5 Å². The first-order valence-electron chi connectivity index (χ1n) is 4.09. The van der Waals surface area contributed by atoms with Crippen LogP contribution >= 0.6 is 23.2 Å². The molecule has 0 aliphatic heterocycles. The van der Waals surface area contributed by atoms with Crippen molar-refractivity contribution in [1.82, 2.24) is 0 Å². The van der Waals surface area contributed by atoms with Crippen molar-refractivity contribution in [3.8, 4) is 0 Å². The van der Waals surface area contributed by atoms with E-state index in [4.69, 9.17) is 23.2 Å². The van der Waals surface area contributed by atoms with Gasteiger partial charge in [-0.3, -0.25) is 0 Å². The normalized spacial score (nSPS) is 8.92. The summed E-state index contributed by atoms with van der Waals surface area (Å²) >= 11 is 10.1. The lowest BCUT2D eigenvalue weighted by Crippen LogP contribution is -1.75. The number of hydrogen-bond donors (Lipinski definition) is 0. The number of benzene rings is 1. The molecule has 0 aromatic heterocycles. The van der Waals surface area contributed by atoms with E-state index < -0.39 is 0 Å². The second kappa shape index (κ2) is 8.15. The summed E-state index contributed by atoms with van der Waals surface area (Å²) in [6.45, 7) is 5.35. The van der Waals surface area contributed by atoms with Gasteiger partial charge in [-0.25, -0.2) is 0 Å². The van der Waals surface area contributed by atoms with Gasteiger partial charge in [-0.1, -0.05) is 36.4 Å². The highest BCUT2D eigenvalue weighted by Gasteiger charge is 1.82. The molecule has 0 fully saturated rings. The molecule has 0 spiro atoms. The average molecular weight is 217 g/mol. The van der Waals surface area contributed by atoms with E-state index in [0.717, 1.165) is 6.42 Å². The van der Waals surface area contributed by atoms with Crippen LogP contribution in [0, 0.1) is 0 Å². The van der Waals surface area contributed by atoms with E-state index in [1.165, 1.54) is 5.56 Å². The predicted octanol–water partition coefficient (Wildman–Crippen LogP) is 4.23. The van der Waals surface area contributed by atoms with Crippen LogP contribution in [0.3, 0.4) is 0 Å². The fourth-order valence-corrected chi connectivity index (χ4v) is 0.781. The molecule has 0 nitrogen and oxygen atoms in total. The summed E-state index contributed by atoms with van der Waals surface area (Å²) in [5.41, 5.74) is 1.33. The van der Waals surface area contributed by atoms with Crippen LogP contribution in [-0.4, -0.2) is 4.84 Å². The van der Waals surface area contributed by atoms with Crippen LogP contribution < -0.4 is 0 Å². The van der Waals surface area contributed by atoms with Gasteiger partial charge in [0.15, 0.2) is 0 Å². The van der Waals surface area contributed by atoms with Gasteiger partial charge in [-0.05, 0) is 18.9 Å². The fourth-order valence-electron chi connectivity index (χ4n) is 0.781. The van der Waals surface area contributed by atoms with Gasteiger partial charge in [-0.15, -0.1) is 29.8 Å². The summed E-state index contributed by atoms with van der Waals surface area (Å²) in [6, 6.07) is 10.3. The van der Waals surface area contributed by atoms with Gasteiger partial charge in [0.05, 0.1) is 0 Å². The third kappa shape index (κ3) is 9.45. The van der Waals surface area contributed by atoms with Crippen LogP contribution in [0.4, 0.5) is 0 Å². The lowest BCUT2D eigenvalue weighted by Gasteiger charge is -1.91. The Balaban J connectivity index is 0.000000310. The molecule has 0 saturated heterocycles. The molecule has 0 unspecified atom stereocenters. The van der Waals surface area contributed by atoms with Crippen molar-refractivity contribution in [3.05, 3.63) is 48.6 Å². The van der Waals surface area contributed by atoms with Crippen LogP contribution in [0.15, 0.2) is 43.0 Å². The lowest BCUT2D eigenvalue weighted by atomic mass is 10.2. The molecule has 13 heavy (non-hydrogen) atoms. The molecule has 0 amide bonds. The monoisotopic (exact) mass is 216 g/mol. The second-order valence-corrected chi connectivity index (χ2v) is 4.03. The molecular formula is C11H14Cl2. The van der Waals surface area contributed by atoms with E-state index in [0.29, 0.717) is 0 Å². The Hall–Kier alpha value is -0.460. The molecule has 0 aliphatic rings. The molecule has 0 N–H and O–H groups in total. The minimum atomic E-state index is -0.222. The number of halogens is 2. The number of rotatable bonds is 2. The maximum Gasteiger partial charge on any atom is 0.105 e. The van der Waals surface area contributed by atoms with E-state index in [1.807, 2.05) is 24.3 Å². The van der Waals surface area contributed by atoms with Crippen molar-refractivity contribution in [3.63, 3.8) is 0 Å². The van der Waals surface area contributed by atoms with E-state index in [-0.39, 0.29) is 4.84 Å². The Morgan fingerprint density at radius 1 is 1.31 bits per heavy atom. The minimum Gasteiger partial charge on any atom is -0.106 e. The first kappa shape index (κ1) is 12.5. The SMILES string of the molecule is C=CCc1ccccc1.CC(Cl)Cl. The zero-order valence-corrected chi connectivity index (χ0v) is 9.22. The molecular weight excluding hydrogens is 203 g/mol. The van der Waals surface area contributed by atoms with Gasteiger partial charge in [0.1, 0.15) is 4.84 Å². The third-order valence-corrected chi connectivity index (χ3v) is 1.22. The highest BCUT2D eigenvalue weighted by atomic mass is 35.5. The standard InChI is InChI=1S/C9H10.C2H4Cl2/c1-2-6-9-7-4-3-5-8-9;1-2(3)4/h2-5,7-8H,1,6H2;2H,1H3. The van der Waals surface area contributed by atoms with Crippen molar-refractivity contribution in [2.45, 2.75) is 18.2 Å². The van der Waals surface area contributed by atoms with Crippen molar-refractivity contribution in [1.29, 1.82) is 0 Å². The maximum absolute atomic E-state index is 5.04. The van der Waals surface area contributed by atoms with Crippen LogP contribution in [0.5, 0.6) is 0 Å². The summed E-state index contributed by atoms with van der Waals surface area (Å²) in [7, 11) is 0. The Morgan fingerprint density at radius 2 is 1.77 bits per heavy atom. The highest BCUT2D eigenvalue weighted by Crippen LogP contribution is 1.98. The topological polar surface area (TPSA) is 0 Å². The summed E-state index contributed by atoms with van der Waals surface area (Å²) in [4.78, 5) is -0.222. The molecule has 1 aromatic carbocycles. The van der Waals surface area contributed by atoms with Gasteiger partial charge < -0.3 is 0 Å². The number of allylic oxidation sites excluding steroid dienone is 1. The molecule has 2 heteroatoms. The quantitative estimate of drug-likeness (QED) is 0.513. The summed E-state index contributed by atoms with van der Waals surface area (Å²) in [6.07, 6.45) is 2.89. The van der Waals surface area contributed by atoms with Crippen molar-refractivity contribution in [2.75, 3.05) is 0 Å². The largest absolute Gasteiger partial charge is 0.106 e. The van der Waals surface area contributed by atoms with Crippen molar-refractivity contribution < 1.29 is 0 Å². The Labute approximate surface area is 90.2 Å². The van der Waals surface area contributed by atoms with Gasteiger partial charge in [0, 0.05) is 0 Å². The van der Waals surface area contributed by atoms with E-state index in [9.17, 15) is 0 Å². The molecule has 0 heterocycles. The van der Waals surface area contributed by atoms with E-state index in [1.54, 1.807) is 6.92 Å². The minimum absolute atomic E-state index is 0.222. The summed E-state index contributed by atoms with van der Waals surface area (Å²) in [5.74, 6) is 0. The lowest BCUT2D eigenvalue weighted by molar-refractivity contribution is 1.28. The van der Waals surface area contributed by atoms with Crippen molar-refractivity contribution >= 4 is 23.2 Å². The van der Waals surface area contributed by atoms with Gasteiger partial charge in [0.2, 0.25) is 0 Å². The maximum atomic E-state index is 5.04. The molecule has 72 valence electrons. The molecule has 1 rings (SSSR count). The number of alkyl halides is 2. The first-order chi connectivity index (χ1) is 6.16. The van der Waals surface area contributed by atoms with Gasteiger partial charge in [0.25, 0.3) is 0 Å². The second-order valence-electron chi connectivity index (χ2n) is 2.50. The summed E-state index contributed by atoms with van der Waals surface area (Å²) < 4.78 is 0. The van der Waals surface area contributed by atoms with Gasteiger partial charge in [-0.2, -0.15) is 0 Å². The average Bonchev–Trinajstić information content (AvgIpc) is 2.06. The Morgan fingerprint density at radius 3 is 2.15 bits per heavy atom. The van der Waals surface area contributed by atoms with E-state index >= 15 is 0 Å². The fraction of sp³-hybridized carbons (Fsp3) is 0.273. The molecule has 0 atom stereocenters. The van der Waals surface area contributed by atoms with Crippen LogP contribution in [0.2, 0.25) is 0 Å². The zero-order valence-electron chi connectivity index (χ0n) is 7.71. The molecule has 1 aromatic rings. The Kier molecular flexibility index (Phi) is 7.86. The number of hydrogen-bond acceptors (Lipinski definition) is 0. The first-order valence-corrected chi connectivity index (χ1v) is 4.97.